The molecule has 0 bridgehead atoms. The lowest BCUT2D eigenvalue weighted by Gasteiger charge is -2.14. The lowest BCUT2D eigenvalue weighted by Crippen LogP contribution is -2.38. The van der Waals surface area contributed by atoms with Crippen LogP contribution in [0.3, 0.4) is 0 Å². The van der Waals surface area contributed by atoms with Crippen molar-refractivity contribution in [3.8, 4) is 0 Å². The van der Waals surface area contributed by atoms with E-state index in [-0.39, 0.29) is 6.03 Å². The second-order valence-corrected chi connectivity index (χ2v) is 6.44. The van der Waals surface area contributed by atoms with E-state index in [4.69, 9.17) is 0 Å². The van der Waals surface area contributed by atoms with Crippen LogP contribution >= 0.6 is 27.3 Å². The Morgan fingerprint density at radius 2 is 2.18 bits per heavy atom. The van der Waals surface area contributed by atoms with Crippen LogP contribution in [0.2, 0.25) is 0 Å². The molecule has 1 atom stereocenters. The van der Waals surface area contributed by atoms with E-state index in [0.717, 1.165) is 10.3 Å². The van der Waals surface area contributed by atoms with Crippen molar-refractivity contribution in [2.75, 3.05) is 27.2 Å². The van der Waals surface area contributed by atoms with E-state index in [1.54, 1.807) is 25.4 Å². The van der Waals surface area contributed by atoms with E-state index < -0.39 is 0 Å². The van der Waals surface area contributed by atoms with E-state index >= 15 is 0 Å². The highest BCUT2D eigenvalue weighted by molar-refractivity contribution is 9.11. The summed E-state index contributed by atoms with van der Waals surface area (Å²) < 4.78 is 1.14. The van der Waals surface area contributed by atoms with Gasteiger partial charge in [-0.2, -0.15) is 0 Å². The molecule has 1 rings (SSSR count). The van der Waals surface area contributed by atoms with Crippen molar-refractivity contribution < 1.29 is 4.79 Å². The number of carbonyl (C=O) groups is 1. The minimum atomic E-state index is -0.0571. The van der Waals surface area contributed by atoms with Crippen LogP contribution in [0, 0.1) is 0 Å². The molecule has 0 spiro atoms. The predicted molar refractivity (Wildman–Crippen MR) is 75.5 cm³/mol. The molecule has 17 heavy (non-hydrogen) atoms. The molecule has 1 unspecified atom stereocenters. The minimum Gasteiger partial charge on any atom is -0.337 e. The first-order valence-electron chi connectivity index (χ1n) is 5.44. The molecule has 2 N–H and O–H groups in total. The van der Waals surface area contributed by atoms with Gasteiger partial charge in [-0.25, -0.2) is 4.79 Å². The van der Waals surface area contributed by atoms with Crippen molar-refractivity contribution in [1.82, 2.24) is 15.5 Å². The molecule has 6 heteroatoms. The fourth-order valence-electron chi connectivity index (χ4n) is 1.28. The summed E-state index contributed by atoms with van der Waals surface area (Å²) in [5.74, 6) is 0. The van der Waals surface area contributed by atoms with Gasteiger partial charge in [-0.05, 0) is 35.0 Å². The smallest absolute Gasteiger partial charge is 0.316 e. The number of amides is 2. The quantitative estimate of drug-likeness (QED) is 0.819. The normalized spacial score (nSPS) is 12.2. The van der Waals surface area contributed by atoms with Crippen LogP contribution in [0.4, 0.5) is 4.79 Å². The number of urea groups is 1. The van der Waals surface area contributed by atoms with Crippen LogP contribution in [0.25, 0.3) is 0 Å². The second-order valence-electron chi connectivity index (χ2n) is 3.94. The highest BCUT2D eigenvalue weighted by Gasteiger charge is 2.07. The fraction of sp³-hybridized carbons (Fsp3) is 0.545. The van der Waals surface area contributed by atoms with Crippen molar-refractivity contribution in [3.63, 3.8) is 0 Å². The van der Waals surface area contributed by atoms with Gasteiger partial charge in [0.2, 0.25) is 0 Å². The Bertz CT molecular complexity index is 367. The SMILES string of the molecule is CC(NCCNC(=O)N(C)C)c1ccc(Br)s1. The third kappa shape index (κ3) is 5.06. The van der Waals surface area contributed by atoms with Gasteiger partial charge in [-0.3, -0.25) is 0 Å². The second kappa shape index (κ2) is 6.98. The molecule has 0 aliphatic heterocycles. The molecule has 1 aromatic rings. The molecule has 96 valence electrons. The van der Waals surface area contributed by atoms with E-state index in [1.807, 2.05) is 6.07 Å². The first-order valence-corrected chi connectivity index (χ1v) is 7.05. The first-order chi connectivity index (χ1) is 8.00. The highest BCUT2D eigenvalue weighted by Crippen LogP contribution is 2.26. The van der Waals surface area contributed by atoms with Gasteiger partial charge in [0, 0.05) is 38.1 Å². The van der Waals surface area contributed by atoms with Crippen LogP contribution in [-0.2, 0) is 0 Å². The molecule has 0 saturated heterocycles. The molecular formula is C11H18BrN3OS. The Morgan fingerprint density at radius 1 is 1.47 bits per heavy atom. The molecule has 0 saturated carbocycles. The third-order valence-corrected chi connectivity index (χ3v) is 4.09. The van der Waals surface area contributed by atoms with Gasteiger partial charge in [0.15, 0.2) is 0 Å². The maximum Gasteiger partial charge on any atom is 0.316 e. The van der Waals surface area contributed by atoms with Gasteiger partial charge in [-0.15, -0.1) is 11.3 Å². The summed E-state index contributed by atoms with van der Waals surface area (Å²) in [4.78, 5) is 14.1. The van der Waals surface area contributed by atoms with Crippen LogP contribution in [0.15, 0.2) is 15.9 Å². The lowest BCUT2D eigenvalue weighted by molar-refractivity contribution is 0.217. The maximum atomic E-state index is 11.2. The van der Waals surface area contributed by atoms with Crippen LogP contribution < -0.4 is 10.6 Å². The van der Waals surface area contributed by atoms with E-state index in [0.29, 0.717) is 12.6 Å². The molecule has 4 nitrogen and oxygen atoms in total. The molecular weight excluding hydrogens is 302 g/mol. The zero-order chi connectivity index (χ0) is 12.8. The van der Waals surface area contributed by atoms with Crippen molar-refractivity contribution in [2.45, 2.75) is 13.0 Å². The Hall–Kier alpha value is -0.590. The summed E-state index contributed by atoms with van der Waals surface area (Å²) in [6.45, 7) is 3.51. The Balaban J connectivity index is 2.21. The Morgan fingerprint density at radius 3 is 2.71 bits per heavy atom. The Labute approximate surface area is 115 Å². The van der Waals surface area contributed by atoms with Gasteiger partial charge in [0.1, 0.15) is 0 Å². The summed E-state index contributed by atoms with van der Waals surface area (Å²) in [5.41, 5.74) is 0. The zero-order valence-electron chi connectivity index (χ0n) is 10.3. The number of nitrogens with one attached hydrogen (secondary N) is 2. The van der Waals surface area contributed by atoms with Crippen molar-refractivity contribution >= 4 is 33.3 Å². The van der Waals surface area contributed by atoms with Crippen molar-refractivity contribution in [3.05, 3.63) is 20.8 Å². The van der Waals surface area contributed by atoms with Gasteiger partial charge < -0.3 is 15.5 Å². The lowest BCUT2D eigenvalue weighted by atomic mass is 10.3. The first kappa shape index (κ1) is 14.5. The number of carbonyl (C=O) groups excluding carboxylic acids is 1. The number of hydrogen-bond donors (Lipinski definition) is 2. The van der Waals surface area contributed by atoms with Crippen LogP contribution in [0.1, 0.15) is 17.8 Å². The predicted octanol–water partition coefficient (Wildman–Crippen LogP) is 2.43. The summed E-state index contributed by atoms with van der Waals surface area (Å²) in [6, 6.07) is 4.40. The number of hydrogen-bond acceptors (Lipinski definition) is 3. The van der Waals surface area contributed by atoms with E-state index in [9.17, 15) is 4.79 Å². The molecule has 0 fully saturated rings. The van der Waals surface area contributed by atoms with Crippen molar-refractivity contribution in [1.29, 1.82) is 0 Å². The molecule has 0 aliphatic rings. The number of halogens is 1. The number of nitrogens with zero attached hydrogens (tertiary/aromatic N) is 1. The van der Waals surface area contributed by atoms with E-state index in [1.165, 1.54) is 9.78 Å². The minimum absolute atomic E-state index is 0.0571. The summed E-state index contributed by atoms with van der Waals surface area (Å²) in [7, 11) is 3.46. The van der Waals surface area contributed by atoms with Gasteiger partial charge >= 0.3 is 6.03 Å². The van der Waals surface area contributed by atoms with Crippen LogP contribution in [0.5, 0.6) is 0 Å². The molecule has 2 amide bonds. The molecule has 0 aliphatic carbocycles. The number of thiophene rings is 1. The maximum absolute atomic E-state index is 11.2. The summed E-state index contributed by atoms with van der Waals surface area (Å²) in [5, 5.41) is 6.18. The monoisotopic (exact) mass is 319 g/mol. The molecule has 0 radical (unpaired) electrons. The largest absolute Gasteiger partial charge is 0.337 e. The molecule has 1 aromatic heterocycles. The summed E-state index contributed by atoms with van der Waals surface area (Å²) in [6.07, 6.45) is 0. The fourth-order valence-corrected chi connectivity index (χ4v) is 2.73. The zero-order valence-corrected chi connectivity index (χ0v) is 12.7. The average Bonchev–Trinajstić information content (AvgIpc) is 2.70. The van der Waals surface area contributed by atoms with Gasteiger partial charge in [0.05, 0.1) is 3.79 Å². The standard InChI is InChI=1S/C11H18BrN3OS/c1-8(9-4-5-10(12)17-9)13-6-7-14-11(16)15(2)3/h4-5,8,13H,6-7H2,1-3H3,(H,14,16). The topological polar surface area (TPSA) is 44.4 Å². The molecule has 0 aromatic carbocycles. The molecule has 1 heterocycles. The Kier molecular flexibility index (Phi) is 5.94. The third-order valence-electron chi connectivity index (χ3n) is 2.28. The van der Waals surface area contributed by atoms with Gasteiger partial charge in [0.25, 0.3) is 0 Å². The van der Waals surface area contributed by atoms with Crippen molar-refractivity contribution in [2.24, 2.45) is 0 Å². The summed E-state index contributed by atoms with van der Waals surface area (Å²) >= 11 is 5.17. The highest BCUT2D eigenvalue weighted by atomic mass is 79.9. The number of rotatable bonds is 5. The van der Waals surface area contributed by atoms with Crippen LogP contribution in [-0.4, -0.2) is 38.1 Å². The van der Waals surface area contributed by atoms with E-state index in [2.05, 4.69) is 39.6 Å². The average molecular weight is 320 g/mol. The van der Waals surface area contributed by atoms with Gasteiger partial charge in [-0.1, -0.05) is 0 Å².